The van der Waals surface area contributed by atoms with E-state index in [0.717, 1.165) is 122 Å². The molecule has 1 unspecified atom stereocenters. The van der Waals surface area contributed by atoms with E-state index in [4.69, 9.17) is 14.2 Å². The van der Waals surface area contributed by atoms with E-state index in [2.05, 4.69) is 154 Å². The summed E-state index contributed by atoms with van der Waals surface area (Å²) < 4.78 is 16.9. The number of carbonyl (C=O) groups is 3. The van der Waals surface area contributed by atoms with Gasteiger partial charge in [0.2, 0.25) is 0 Å². The Labute approximate surface area is 513 Å². The van der Waals surface area contributed by atoms with Crippen LogP contribution in [0, 0.1) is 0 Å². The third kappa shape index (κ3) is 68.2. The lowest BCUT2D eigenvalue weighted by Crippen LogP contribution is -2.30. The van der Waals surface area contributed by atoms with Crippen LogP contribution in [0.5, 0.6) is 0 Å². The van der Waals surface area contributed by atoms with Gasteiger partial charge in [0.1, 0.15) is 13.2 Å². The van der Waals surface area contributed by atoms with Gasteiger partial charge in [0.25, 0.3) is 0 Å². The van der Waals surface area contributed by atoms with Crippen molar-refractivity contribution >= 4 is 17.9 Å². The molecular weight excluding hydrogens is 1020 g/mol. The molecule has 0 spiro atoms. The van der Waals surface area contributed by atoms with E-state index in [9.17, 15) is 14.4 Å². The number of carbonyl (C=O) groups excluding carboxylic acids is 3. The van der Waals surface area contributed by atoms with Crippen LogP contribution in [0.25, 0.3) is 0 Å². The molecule has 0 saturated carbocycles. The fourth-order valence-electron chi connectivity index (χ4n) is 9.49. The minimum absolute atomic E-state index is 0.101. The molecule has 0 amide bonds. The van der Waals surface area contributed by atoms with Crippen LogP contribution in [0.4, 0.5) is 0 Å². The van der Waals surface area contributed by atoms with Crippen molar-refractivity contribution in [1.82, 2.24) is 0 Å². The average molecular weight is 1150 g/mol. The van der Waals surface area contributed by atoms with Crippen molar-refractivity contribution in [2.75, 3.05) is 13.2 Å². The molecule has 0 aromatic rings. The molecule has 0 rings (SSSR count). The van der Waals surface area contributed by atoms with E-state index in [1.54, 1.807) is 0 Å². The maximum absolute atomic E-state index is 12.9. The molecule has 0 aliphatic rings. The number of allylic oxidation sites excluding steroid dienone is 22. The van der Waals surface area contributed by atoms with Gasteiger partial charge in [-0.3, -0.25) is 14.4 Å². The highest BCUT2D eigenvalue weighted by Crippen LogP contribution is 2.16. The number of rotatable bonds is 62. The van der Waals surface area contributed by atoms with Crippen LogP contribution < -0.4 is 0 Å². The first-order chi connectivity index (χ1) is 41.0. The van der Waals surface area contributed by atoms with E-state index in [1.165, 1.54) is 148 Å². The molecule has 6 nitrogen and oxygen atoms in total. The van der Waals surface area contributed by atoms with Gasteiger partial charge in [-0.05, 0) is 135 Å². The highest BCUT2D eigenvalue weighted by Gasteiger charge is 2.19. The van der Waals surface area contributed by atoms with E-state index < -0.39 is 6.10 Å². The monoisotopic (exact) mass is 1150 g/mol. The Kier molecular flexibility index (Phi) is 66.3. The standard InChI is InChI=1S/C77H128O6/c1-4-7-10-13-16-19-22-25-28-31-33-35-36-37-38-39-40-42-43-46-49-52-55-58-61-64-67-70-76(79)82-73-74(72-81-75(78)69-66-63-60-57-54-51-48-45-30-27-24-21-18-15-12-9-6-3)83-77(80)71-68-65-62-59-56-53-50-47-44-41-34-32-29-26-23-20-17-14-11-8-5-2/h8-9,11-12,17-18,20-22,25-27,29-31,33-34,41,47,50,56,59,74H,4-7,10,13-16,19,23-24,28,32,35-40,42-46,48-49,51-55,57-58,60-73H2,1-3H3/b11-8-,12-9-,20-17-,21-18-,25-22-,29-26-,30-27-,33-31-,41-34-,50-47-,59-56-. The minimum Gasteiger partial charge on any atom is -0.462 e. The summed E-state index contributed by atoms with van der Waals surface area (Å²) in [4.78, 5) is 38.4. The van der Waals surface area contributed by atoms with Crippen LogP contribution >= 0.6 is 0 Å². The number of unbranched alkanes of at least 4 members (excludes halogenated alkanes) is 29. The summed E-state index contributed by atoms with van der Waals surface area (Å²) in [5.74, 6) is -0.948. The van der Waals surface area contributed by atoms with E-state index in [0.29, 0.717) is 19.3 Å². The molecule has 0 aromatic carbocycles. The molecule has 6 heteroatoms. The van der Waals surface area contributed by atoms with Gasteiger partial charge in [-0.15, -0.1) is 0 Å². The Morgan fingerprint density at radius 1 is 0.253 bits per heavy atom. The zero-order valence-corrected chi connectivity index (χ0v) is 54.2. The Balaban J connectivity index is 4.41. The summed E-state index contributed by atoms with van der Waals surface area (Å²) >= 11 is 0. The van der Waals surface area contributed by atoms with Crippen molar-refractivity contribution in [3.63, 3.8) is 0 Å². The summed E-state index contributed by atoms with van der Waals surface area (Å²) in [6.45, 7) is 6.39. The molecule has 0 heterocycles. The zero-order chi connectivity index (χ0) is 59.9. The van der Waals surface area contributed by atoms with Crippen LogP contribution in [0.15, 0.2) is 134 Å². The minimum atomic E-state index is -0.812. The first-order valence-corrected chi connectivity index (χ1v) is 34.7. The third-order valence-electron chi connectivity index (χ3n) is 14.6. The maximum Gasteiger partial charge on any atom is 0.306 e. The van der Waals surface area contributed by atoms with Crippen molar-refractivity contribution < 1.29 is 28.6 Å². The first kappa shape index (κ1) is 78.5. The Morgan fingerprint density at radius 2 is 0.470 bits per heavy atom. The molecule has 1 atom stereocenters. The van der Waals surface area contributed by atoms with Crippen LogP contribution in [-0.4, -0.2) is 37.2 Å². The molecule has 472 valence electrons. The molecule has 0 aliphatic carbocycles. The topological polar surface area (TPSA) is 78.9 Å². The van der Waals surface area contributed by atoms with Crippen molar-refractivity contribution in [3.8, 4) is 0 Å². The predicted octanol–water partition coefficient (Wildman–Crippen LogP) is 24.1. The van der Waals surface area contributed by atoms with Gasteiger partial charge in [0, 0.05) is 19.3 Å². The molecule has 0 N–H and O–H groups in total. The maximum atomic E-state index is 12.9. The lowest BCUT2D eigenvalue weighted by Gasteiger charge is -2.18. The molecular formula is C77H128O6. The SMILES string of the molecule is CC/C=C\C/C=C\C/C=C\C/C=C\C/C=C\C/C=C\CCCCC(=O)OC(COC(=O)CCCCCCCCC/C=C\C/C=C\C/C=C\CC)COC(=O)CCCCCCCCCCCCCCCCC/C=C\C/C=C\CCCCCCC. The smallest absolute Gasteiger partial charge is 0.306 e. The van der Waals surface area contributed by atoms with Crippen molar-refractivity contribution in [2.45, 2.75) is 322 Å². The zero-order valence-electron chi connectivity index (χ0n) is 54.2. The summed E-state index contributed by atoms with van der Waals surface area (Å²) in [6.07, 6.45) is 99.0. The van der Waals surface area contributed by atoms with Crippen molar-refractivity contribution in [2.24, 2.45) is 0 Å². The highest BCUT2D eigenvalue weighted by molar-refractivity contribution is 5.71. The molecule has 0 bridgehead atoms. The molecule has 83 heavy (non-hydrogen) atoms. The molecule has 0 radical (unpaired) electrons. The number of ether oxygens (including phenoxy) is 3. The van der Waals surface area contributed by atoms with Gasteiger partial charge in [0.15, 0.2) is 6.10 Å². The van der Waals surface area contributed by atoms with Crippen LogP contribution in [0.1, 0.15) is 316 Å². The number of hydrogen-bond donors (Lipinski definition) is 0. The van der Waals surface area contributed by atoms with Crippen LogP contribution in [0.3, 0.4) is 0 Å². The molecule has 0 saturated heterocycles. The molecule has 0 aliphatic heterocycles. The molecule has 0 aromatic heterocycles. The average Bonchev–Trinajstić information content (AvgIpc) is 3.50. The summed E-state index contributed by atoms with van der Waals surface area (Å²) in [6, 6.07) is 0. The first-order valence-electron chi connectivity index (χ1n) is 34.7. The fourth-order valence-corrected chi connectivity index (χ4v) is 9.49. The second kappa shape index (κ2) is 70.0. The number of hydrogen-bond acceptors (Lipinski definition) is 6. The van der Waals surface area contributed by atoms with Gasteiger partial charge in [0.05, 0.1) is 0 Å². The Morgan fingerprint density at radius 3 is 0.759 bits per heavy atom. The lowest BCUT2D eigenvalue weighted by molar-refractivity contribution is -0.167. The Hall–Kier alpha value is -4.45. The van der Waals surface area contributed by atoms with Crippen LogP contribution in [-0.2, 0) is 28.6 Å². The summed E-state index contributed by atoms with van der Waals surface area (Å²) in [5.41, 5.74) is 0. The second-order valence-corrected chi connectivity index (χ2v) is 22.7. The summed E-state index contributed by atoms with van der Waals surface area (Å²) in [5, 5.41) is 0. The molecule has 0 fully saturated rings. The second-order valence-electron chi connectivity index (χ2n) is 22.7. The van der Waals surface area contributed by atoms with Gasteiger partial charge in [-0.1, -0.05) is 296 Å². The van der Waals surface area contributed by atoms with Crippen LogP contribution in [0.2, 0.25) is 0 Å². The van der Waals surface area contributed by atoms with E-state index >= 15 is 0 Å². The largest absolute Gasteiger partial charge is 0.462 e. The van der Waals surface area contributed by atoms with E-state index in [1.807, 2.05) is 0 Å². The highest BCUT2D eigenvalue weighted by atomic mass is 16.6. The van der Waals surface area contributed by atoms with Gasteiger partial charge in [-0.2, -0.15) is 0 Å². The van der Waals surface area contributed by atoms with Gasteiger partial charge < -0.3 is 14.2 Å². The lowest BCUT2D eigenvalue weighted by atomic mass is 10.0. The van der Waals surface area contributed by atoms with Crippen molar-refractivity contribution in [3.05, 3.63) is 134 Å². The summed E-state index contributed by atoms with van der Waals surface area (Å²) in [7, 11) is 0. The number of esters is 3. The quantitative estimate of drug-likeness (QED) is 0.0261. The normalized spacial score (nSPS) is 13.0. The van der Waals surface area contributed by atoms with Gasteiger partial charge in [-0.25, -0.2) is 0 Å². The third-order valence-corrected chi connectivity index (χ3v) is 14.6. The van der Waals surface area contributed by atoms with Gasteiger partial charge >= 0.3 is 17.9 Å². The van der Waals surface area contributed by atoms with Crippen molar-refractivity contribution in [1.29, 1.82) is 0 Å². The Bertz CT molecular complexity index is 1750. The van der Waals surface area contributed by atoms with E-state index in [-0.39, 0.29) is 37.5 Å². The predicted molar refractivity (Wildman–Crippen MR) is 362 cm³/mol. The fraction of sp³-hybridized carbons (Fsp3) is 0.675.